The Morgan fingerprint density at radius 1 is 1.46 bits per heavy atom. The molecular formula is C22H34O4. The molecule has 26 heavy (non-hydrogen) atoms. The molecule has 0 aromatic carbocycles. The van der Waals surface area contributed by atoms with E-state index in [4.69, 9.17) is 9.47 Å². The van der Waals surface area contributed by atoms with E-state index in [2.05, 4.69) is 33.4 Å². The summed E-state index contributed by atoms with van der Waals surface area (Å²) in [4.78, 5) is 11.9. The number of aliphatic hydroxyl groups is 1. The second kappa shape index (κ2) is 7.12. The van der Waals surface area contributed by atoms with Gasteiger partial charge in [0.2, 0.25) is 0 Å². The van der Waals surface area contributed by atoms with Gasteiger partial charge in [0.25, 0.3) is 0 Å². The van der Waals surface area contributed by atoms with E-state index in [1.165, 1.54) is 12.5 Å². The number of rotatable bonds is 2. The molecule has 0 aromatic heterocycles. The minimum absolute atomic E-state index is 0.00191. The van der Waals surface area contributed by atoms with Crippen molar-refractivity contribution in [3.8, 4) is 0 Å². The highest BCUT2D eigenvalue weighted by atomic mass is 16.6. The van der Waals surface area contributed by atoms with Crippen LogP contribution in [-0.4, -0.2) is 35.0 Å². The summed E-state index contributed by atoms with van der Waals surface area (Å²) in [6, 6.07) is 0. The Bertz CT molecular complexity index is 607. The zero-order valence-electron chi connectivity index (χ0n) is 16.8. The van der Waals surface area contributed by atoms with Crippen molar-refractivity contribution in [3.05, 3.63) is 23.8 Å². The first-order valence-electron chi connectivity index (χ1n) is 10.0. The summed E-state index contributed by atoms with van der Waals surface area (Å²) in [7, 11) is 0. The van der Waals surface area contributed by atoms with Crippen LogP contribution in [0, 0.1) is 23.7 Å². The molecule has 2 aliphatic heterocycles. The minimum Gasteiger partial charge on any atom is -0.457 e. The molecule has 2 bridgehead atoms. The maximum Gasteiger partial charge on any atom is 0.303 e. The van der Waals surface area contributed by atoms with Crippen LogP contribution >= 0.6 is 0 Å². The Morgan fingerprint density at radius 2 is 2.15 bits per heavy atom. The SMILES string of the molecule is C=C1CC2OC(C3C(C(C)C)CC=C(C)C23)C(C)(OC(C)=O)CCC1O. The average molecular weight is 363 g/mol. The Kier molecular flexibility index (Phi) is 5.38. The lowest BCUT2D eigenvalue weighted by molar-refractivity contribution is -0.179. The molecule has 1 N–H and O–H groups in total. The number of carbonyl (C=O) groups excluding carboxylic acids is 1. The van der Waals surface area contributed by atoms with Crippen LogP contribution in [-0.2, 0) is 14.3 Å². The van der Waals surface area contributed by atoms with E-state index in [1.54, 1.807) is 0 Å². The van der Waals surface area contributed by atoms with Crippen molar-refractivity contribution in [2.45, 2.75) is 84.2 Å². The molecule has 7 unspecified atom stereocenters. The Labute approximate surface area is 157 Å². The number of hydrogen-bond donors (Lipinski definition) is 1. The zero-order chi connectivity index (χ0) is 19.2. The summed E-state index contributed by atoms with van der Waals surface area (Å²) in [5, 5.41) is 10.5. The fourth-order valence-corrected chi connectivity index (χ4v) is 5.55. The molecule has 3 rings (SSSR count). The van der Waals surface area contributed by atoms with Gasteiger partial charge in [0.1, 0.15) is 11.7 Å². The van der Waals surface area contributed by atoms with E-state index in [1.807, 2.05) is 6.92 Å². The van der Waals surface area contributed by atoms with Crippen molar-refractivity contribution in [1.82, 2.24) is 0 Å². The van der Waals surface area contributed by atoms with Crippen LogP contribution in [0.3, 0.4) is 0 Å². The maximum atomic E-state index is 11.9. The van der Waals surface area contributed by atoms with E-state index in [0.717, 1.165) is 12.0 Å². The second-order valence-electron chi connectivity index (χ2n) is 9.11. The van der Waals surface area contributed by atoms with E-state index < -0.39 is 11.7 Å². The number of hydrogen-bond acceptors (Lipinski definition) is 4. The van der Waals surface area contributed by atoms with E-state index >= 15 is 0 Å². The molecule has 4 nitrogen and oxygen atoms in total. The Morgan fingerprint density at radius 3 is 2.77 bits per heavy atom. The van der Waals surface area contributed by atoms with Gasteiger partial charge in [-0.25, -0.2) is 0 Å². The normalized spacial score (nSPS) is 43.2. The summed E-state index contributed by atoms with van der Waals surface area (Å²) in [6.07, 6.45) is 4.50. The van der Waals surface area contributed by atoms with Gasteiger partial charge in [-0.1, -0.05) is 32.1 Å². The minimum atomic E-state index is -0.722. The number of ether oxygens (including phenoxy) is 2. The fraction of sp³-hybridized carbons (Fsp3) is 0.773. The molecule has 3 aliphatic rings. The highest BCUT2D eigenvalue weighted by molar-refractivity contribution is 5.66. The van der Waals surface area contributed by atoms with Crippen LogP contribution in [0.1, 0.15) is 60.3 Å². The van der Waals surface area contributed by atoms with Gasteiger partial charge in [0.15, 0.2) is 0 Å². The first kappa shape index (κ1) is 19.6. The molecule has 2 heterocycles. The molecule has 0 spiro atoms. The monoisotopic (exact) mass is 362 g/mol. The summed E-state index contributed by atoms with van der Waals surface area (Å²) in [5.41, 5.74) is 1.48. The van der Waals surface area contributed by atoms with E-state index in [-0.39, 0.29) is 18.2 Å². The number of fused-ring (bicyclic) bond motifs is 5. The largest absolute Gasteiger partial charge is 0.457 e. The van der Waals surface area contributed by atoms with Crippen LogP contribution in [0.25, 0.3) is 0 Å². The predicted octanol–water partition coefficient (Wildman–Crippen LogP) is 4.03. The van der Waals surface area contributed by atoms with Gasteiger partial charge in [-0.05, 0) is 56.9 Å². The summed E-state index contributed by atoms with van der Waals surface area (Å²) >= 11 is 0. The molecule has 146 valence electrons. The molecule has 1 aliphatic carbocycles. The molecule has 0 amide bonds. The van der Waals surface area contributed by atoms with Gasteiger partial charge in [-0.3, -0.25) is 4.79 Å². The quantitative estimate of drug-likeness (QED) is 0.595. The zero-order valence-corrected chi connectivity index (χ0v) is 16.8. The van der Waals surface area contributed by atoms with Crippen LogP contribution in [0.2, 0.25) is 0 Å². The highest BCUT2D eigenvalue weighted by Crippen LogP contribution is 2.54. The van der Waals surface area contributed by atoms with Crippen LogP contribution in [0.15, 0.2) is 23.8 Å². The number of carbonyl (C=O) groups is 1. The lowest BCUT2D eigenvalue weighted by atomic mass is 9.62. The van der Waals surface area contributed by atoms with Gasteiger partial charge in [0.05, 0.1) is 12.2 Å². The van der Waals surface area contributed by atoms with Gasteiger partial charge < -0.3 is 14.6 Å². The van der Waals surface area contributed by atoms with Crippen LogP contribution in [0.5, 0.6) is 0 Å². The molecule has 0 radical (unpaired) electrons. The topological polar surface area (TPSA) is 55.8 Å². The van der Waals surface area contributed by atoms with Crippen molar-refractivity contribution in [2.24, 2.45) is 23.7 Å². The maximum absolute atomic E-state index is 11.9. The molecule has 4 heteroatoms. The van der Waals surface area contributed by atoms with Gasteiger partial charge in [-0.2, -0.15) is 0 Å². The third kappa shape index (κ3) is 3.38. The molecule has 0 saturated carbocycles. The standard InChI is InChI=1S/C22H34O4/c1-12(2)16-8-7-13(3)19-18-11-14(4)17(24)9-10-22(6,26-15(5)23)21(25-18)20(16)19/h7,12,16-21,24H,4,8-11H2,1-3,5-6H3. The lowest BCUT2D eigenvalue weighted by Crippen LogP contribution is -2.50. The summed E-state index contributed by atoms with van der Waals surface area (Å²) in [6.45, 7) is 14.3. The molecular weight excluding hydrogens is 328 g/mol. The van der Waals surface area contributed by atoms with Crippen molar-refractivity contribution < 1.29 is 19.4 Å². The Balaban J connectivity index is 2.07. The number of aliphatic hydroxyl groups excluding tert-OH is 1. The van der Waals surface area contributed by atoms with Gasteiger partial charge in [-0.15, -0.1) is 0 Å². The first-order chi connectivity index (χ1) is 12.1. The summed E-state index contributed by atoms with van der Waals surface area (Å²) < 4.78 is 12.5. The second-order valence-corrected chi connectivity index (χ2v) is 9.11. The number of allylic oxidation sites excluding steroid dienone is 1. The molecule has 2 saturated heterocycles. The highest BCUT2D eigenvalue weighted by Gasteiger charge is 2.58. The van der Waals surface area contributed by atoms with Crippen LogP contribution in [0.4, 0.5) is 0 Å². The first-order valence-corrected chi connectivity index (χ1v) is 10.0. The van der Waals surface area contributed by atoms with Crippen molar-refractivity contribution in [3.63, 3.8) is 0 Å². The number of esters is 1. The molecule has 2 fully saturated rings. The van der Waals surface area contributed by atoms with Crippen molar-refractivity contribution in [1.29, 1.82) is 0 Å². The van der Waals surface area contributed by atoms with E-state index in [9.17, 15) is 9.90 Å². The van der Waals surface area contributed by atoms with E-state index in [0.29, 0.717) is 42.9 Å². The smallest absolute Gasteiger partial charge is 0.303 e. The fourth-order valence-electron chi connectivity index (χ4n) is 5.55. The van der Waals surface area contributed by atoms with Gasteiger partial charge in [0, 0.05) is 18.8 Å². The lowest BCUT2D eigenvalue weighted by Gasteiger charge is -2.44. The van der Waals surface area contributed by atoms with Crippen molar-refractivity contribution in [2.75, 3.05) is 0 Å². The summed E-state index contributed by atoms with van der Waals surface area (Å²) in [5.74, 6) is 1.39. The van der Waals surface area contributed by atoms with Crippen LogP contribution < -0.4 is 0 Å². The van der Waals surface area contributed by atoms with Crippen molar-refractivity contribution >= 4 is 5.97 Å². The third-order valence-corrected chi connectivity index (χ3v) is 6.90. The predicted molar refractivity (Wildman–Crippen MR) is 102 cm³/mol. The third-order valence-electron chi connectivity index (χ3n) is 6.90. The average Bonchev–Trinajstić information content (AvgIpc) is 2.93. The molecule has 0 aromatic rings. The molecule has 7 atom stereocenters. The Hall–Kier alpha value is -1.13. The van der Waals surface area contributed by atoms with Gasteiger partial charge >= 0.3 is 5.97 Å².